The van der Waals surface area contributed by atoms with Crippen LogP contribution in [0.2, 0.25) is 5.15 Å². The molecule has 0 fully saturated rings. The van der Waals surface area contributed by atoms with E-state index in [2.05, 4.69) is 41.7 Å². The van der Waals surface area contributed by atoms with Crippen molar-refractivity contribution in [3.8, 4) is 11.3 Å². The van der Waals surface area contributed by atoms with E-state index in [1.165, 1.54) is 16.7 Å². The smallest absolute Gasteiger partial charge is 0.170 e. The van der Waals surface area contributed by atoms with Crippen LogP contribution in [0, 0.1) is 20.8 Å². The van der Waals surface area contributed by atoms with Crippen LogP contribution in [0.3, 0.4) is 0 Å². The Bertz CT molecular complexity index is 505. The lowest BCUT2D eigenvalue weighted by Gasteiger charge is -2.07. The van der Waals surface area contributed by atoms with Crippen LogP contribution in [0.5, 0.6) is 0 Å². The summed E-state index contributed by atoms with van der Waals surface area (Å²) in [5.41, 5.74) is 5.60. The molecule has 0 spiro atoms. The van der Waals surface area contributed by atoms with Gasteiger partial charge in [0.15, 0.2) is 5.15 Å². The number of halogens is 1. The first-order valence-electron chi connectivity index (χ1n) is 4.66. The van der Waals surface area contributed by atoms with Crippen molar-refractivity contribution in [2.24, 2.45) is 0 Å². The summed E-state index contributed by atoms with van der Waals surface area (Å²) in [5.74, 6) is 0. The largest absolute Gasteiger partial charge is 0.171 e. The fourth-order valence-electron chi connectivity index (χ4n) is 1.55. The number of hydrogen-bond acceptors (Lipinski definition) is 3. The number of benzene rings is 1. The zero-order chi connectivity index (χ0) is 11.0. The average Bonchev–Trinajstić information content (AvgIpc) is 2.58. The lowest BCUT2D eigenvalue weighted by Crippen LogP contribution is -1.89. The number of nitrogens with zero attached hydrogens (tertiary/aromatic N) is 2. The summed E-state index contributed by atoms with van der Waals surface area (Å²) in [6.07, 6.45) is 0. The van der Waals surface area contributed by atoms with Crippen LogP contribution in [0.1, 0.15) is 16.7 Å². The minimum absolute atomic E-state index is 0.492. The van der Waals surface area contributed by atoms with Crippen LogP contribution in [0.15, 0.2) is 12.1 Å². The number of aromatic nitrogens is 2. The lowest BCUT2D eigenvalue weighted by molar-refractivity contribution is 1.29. The van der Waals surface area contributed by atoms with E-state index in [1.807, 2.05) is 0 Å². The molecule has 0 bridgehead atoms. The molecule has 2 aromatic rings. The standard InChI is InChI=1S/C11H11ClN2S/c1-6-4-8(3)9(5-7(6)2)10-11(12)14-15-13-10/h4-5H,1-3H3. The molecule has 2 rings (SSSR count). The Labute approximate surface area is 98.2 Å². The van der Waals surface area contributed by atoms with Crippen molar-refractivity contribution in [3.05, 3.63) is 34.0 Å². The van der Waals surface area contributed by atoms with E-state index >= 15 is 0 Å². The molecular formula is C11H11ClN2S. The van der Waals surface area contributed by atoms with E-state index in [4.69, 9.17) is 11.6 Å². The van der Waals surface area contributed by atoms with Gasteiger partial charge in [0.25, 0.3) is 0 Å². The molecule has 1 heterocycles. The first kappa shape index (κ1) is 10.6. The second-order valence-electron chi connectivity index (χ2n) is 3.66. The molecule has 0 N–H and O–H groups in total. The molecule has 1 aromatic carbocycles. The maximum atomic E-state index is 5.98. The highest BCUT2D eigenvalue weighted by Crippen LogP contribution is 2.30. The van der Waals surface area contributed by atoms with Gasteiger partial charge in [-0.3, -0.25) is 0 Å². The van der Waals surface area contributed by atoms with E-state index in [0.717, 1.165) is 23.0 Å². The fourth-order valence-corrected chi connectivity index (χ4v) is 2.31. The van der Waals surface area contributed by atoms with Gasteiger partial charge in [-0.25, -0.2) is 0 Å². The predicted octanol–water partition coefficient (Wildman–Crippen LogP) is 3.78. The number of aryl methyl sites for hydroxylation is 3. The highest BCUT2D eigenvalue weighted by atomic mass is 35.5. The second-order valence-corrected chi connectivity index (χ2v) is 4.54. The average molecular weight is 239 g/mol. The minimum Gasteiger partial charge on any atom is -0.171 e. The summed E-state index contributed by atoms with van der Waals surface area (Å²) in [6, 6.07) is 4.27. The van der Waals surface area contributed by atoms with Gasteiger partial charge in [0.2, 0.25) is 0 Å². The van der Waals surface area contributed by atoms with E-state index in [9.17, 15) is 0 Å². The number of hydrogen-bond donors (Lipinski definition) is 0. The quantitative estimate of drug-likeness (QED) is 0.756. The maximum Gasteiger partial charge on any atom is 0.170 e. The van der Waals surface area contributed by atoms with Crippen LogP contribution < -0.4 is 0 Å². The molecule has 2 nitrogen and oxygen atoms in total. The third-order valence-electron chi connectivity index (χ3n) is 2.54. The van der Waals surface area contributed by atoms with Gasteiger partial charge in [0.1, 0.15) is 5.69 Å². The van der Waals surface area contributed by atoms with E-state index < -0.39 is 0 Å². The van der Waals surface area contributed by atoms with Gasteiger partial charge in [0.05, 0.1) is 11.7 Å². The van der Waals surface area contributed by atoms with Crippen LogP contribution in [-0.2, 0) is 0 Å². The molecule has 4 heteroatoms. The molecule has 15 heavy (non-hydrogen) atoms. The third kappa shape index (κ3) is 1.90. The first-order valence-corrected chi connectivity index (χ1v) is 5.76. The molecule has 0 saturated heterocycles. The van der Waals surface area contributed by atoms with Crippen molar-refractivity contribution in [1.82, 2.24) is 8.75 Å². The summed E-state index contributed by atoms with van der Waals surface area (Å²) < 4.78 is 8.20. The van der Waals surface area contributed by atoms with Crippen LogP contribution in [0.4, 0.5) is 0 Å². The van der Waals surface area contributed by atoms with Crippen LogP contribution in [0.25, 0.3) is 11.3 Å². The molecule has 0 aliphatic rings. The maximum absolute atomic E-state index is 5.98. The van der Waals surface area contributed by atoms with Gasteiger partial charge in [-0.15, -0.1) is 0 Å². The molecule has 0 saturated carbocycles. The van der Waals surface area contributed by atoms with Crippen LogP contribution in [-0.4, -0.2) is 8.75 Å². The zero-order valence-electron chi connectivity index (χ0n) is 8.84. The van der Waals surface area contributed by atoms with Crippen molar-refractivity contribution in [2.45, 2.75) is 20.8 Å². The molecule has 0 unspecified atom stereocenters. The number of rotatable bonds is 1. The molecule has 0 atom stereocenters. The molecule has 0 radical (unpaired) electrons. The Morgan fingerprint density at radius 2 is 1.67 bits per heavy atom. The molecule has 1 aromatic heterocycles. The van der Waals surface area contributed by atoms with Crippen molar-refractivity contribution in [1.29, 1.82) is 0 Å². The van der Waals surface area contributed by atoms with Gasteiger partial charge in [0, 0.05) is 5.56 Å². The Balaban J connectivity index is 2.64. The normalized spacial score (nSPS) is 10.7. The van der Waals surface area contributed by atoms with Gasteiger partial charge >= 0.3 is 0 Å². The summed E-state index contributed by atoms with van der Waals surface area (Å²) in [6.45, 7) is 6.26. The van der Waals surface area contributed by atoms with Crippen molar-refractivity contribution >= 4 is 23.3 Å². The zero-order valence-corrected chi connectivity index (χ0v) is 10.4. The second kappa shape index (κ2) is 3.91. The molecule has 0 aliphatic heterocycles. The molecule has 0 amide bonds. The van der Waals surface area contributed by atoms with E-state index in [0.29, 0.717) is 5.15 Å². The van der Waals surface area contributed by atoms with Crippen molar-refractivity contribution < 1.29 is 0 Å². The van der Waals surface area contributed by atoms with Gasteiger partial charge < -0.3 is 0 Å². The van der Waals surface area contributed by atoms with Crippen LogP contribution >= 0.6 is 23.3 Å². The Hall–Kier alpha value is -0.930. The highest BCUT2D eigenvalue weighted by molar-refractivity contribution is 6.99. The molecule has 78 valence electrons. The monoisotopic (exact) mass is 238 g/mol. The molecule has 0 aliphatic carbocycles. The Kier molecular flexibility index (Phi) is 2.76. The van der Waals surface area contributed by atoms with Crippen molar-refractivity contribution in [2.75, 3.05) is 0 Å². The third-order valence-corrected chi connectivity index (χ3v) is 3.44. The van der Waals surface area contributed by atoms with Gasteiger partial charge in [-0.2, -0.15) is 8.75 Å². The summed E-state index contributed by atoms with van der Waals surface area (Å²) >= 11 is 7.12. The lowest BCUT2D eigenvalue weighted by atomic mass is 9.99. The fraction of sp³-hybridized carbons (Fsp3) is 0.273. The van der Waals surface area contributed by atoms with E-state index in [-0.39, 0.29) is 0 Å². The molecular weight excluding hydrogens is 228 g/mol. The summed E-state index contributed by atoms with van der Waals surface area (Å²) in [4.78, 5) is 0. The van der Waals surface area contributed by atoms with Gasteiger partial charge in [-0.1, -0.05) is 17.7 Å². The van der Waals surface area contributed by atoms with E-state index in [1.54, 1.807) is 0 Å². The minimum atomic E-state index is 0.492. The predicted molar refractivity (Wildman–Crippen MR) is 64.6 cm³/mol. The van der Waals surface area contributed by atoms with Crippen molar-refractivity contribution in [3.63, 3.8) is 0 Å². The Morgan fingerprint density at radius 3 is 2.27 bits per heavy atom. The topological polar surface area (TPSA) is 25.8 Å². The summed E-state index contributed by atoms with van der Waals surface area (Å²) in [5, 5.41) is 0.492. The Morgan fingerprint density at radius 1 is 1.00 bits per heavy atom. The first-order chi connectivity index (χ1) is 7.09. The van der Waals surface area contributed by atoms with Gasteiger partial charge in [-0.05, 0) is 43.5 Å². The summed E-state index contributed by atoms with van der Waals surface area (Å²) in [7, 11) is 0. The SMILES string of the molecule is Cc1cc(C)c(-c2nsnc2Cl)cc1C. The highest BCUT2D eigenvalue weighted by Gasteiger charge is 2.11.